The van der Waals surface area contributed by atoms with Crippen molar-refractivity contribution >= 4 is 71.6 Å². The Morgan fingerprint density at radius 2 is 1.67 bits per heavy atom. The van der Waals surface area contributed by atoms with Crippen LogP contribution in [0.25, 0.3) is 38.5 Å². The second-order valence-electron chi connectivity index (χ2n) is 12.8. The molecule has 7 heteroatoms. The summed E-state index contributed by atoms with van der Waals surface area (Å²) in [6, 6.07) is 20.0. The van der Waals surface area contributed by atoms with Crippen molar-refractivity contribution in [1.82, 2.24) is 4.57 Å². The summed E-state index contributed by atoms with van der Waals surface area (Å²) in [5.74, 6) is 0.867. The first-order valence-corrected chi connectivity index (χ1v) is 18.0. The van der Waals surface area contributed by atoms with E-state index in [9.17, 15) is 13.0 Å². The Bertz CT molecular complexity index is 2430. The minimum atomic E-state index is -4.36. The number of hydrogen-bond donors (Lipinski definition) is 1. The van der Waals surface area contributed by atoms with Gasteiger partial charge in [0.2, 0.25) is 11.4 Å². The summed E-state index contributed by atoms with van der Waals surface area (Å²) in [4.78, 5) is -0.0633. The fourth-order valence-corrected chi connectivity index (χ4v) is 9.54. The lowest BCUT2D eigenvalue weighted by Crippen LogP contribution is -2.16. The number of hydrogen-bond acceptors (Lipinski definition) is 2. The maximum Gasteiger partial charge on any atom is 0.295 e. The molecule has 2 heterocycles. The van der Waals surface area contributed by atoms with E-state index < -0.39 is 10.1 Å². The van der Waals surface area contributed by atoms with Crippen molar-refractivity contribution < 1.29 is 17.5 Å². The van der Waals surface area contributed by atoms with Crippen molar-refractivity contribution in [2.75, 3.05) is 6.54 Å². The van der Waals surface area contributed by atoms with Crippen LogP contribution in [-0.4, -0.2) is 34.4 Å². The van der Waals surface area contributed by atoms with Gasteiger partial charge in [-0.05, 0) is 98.2 Å². The van der Waals surface area contributed by atoms with Gasteiger partial charge >= 0.3 is 0 Å². The van der Waals surface area contributed by atoms with Crippen LogP contribution in [0, 0.1) is 18.8 Å². The highest BCUT2D eigenvalue weighted by Gasteiger charge is 2.37. The maximum atomic E-state index is 12.2. The summed E-state index contributed by atoms with van der Waals surface area (Å²) in [5, 5.41) is 6.84. The summed E-state index contributed by atoms with van der Waals surface area (Å²) in [7, 11) is -4.36. The molecule has 2 aliphatic carbocycles. The molecule has 232 valence electrons. The van der Waals surface area contributed by atoms with E-state index in [0.29, 0.717) is 23.8 Å². The highest BCUT2D eigenvalue weighted by Crippen LogP contribution is 2.50. The SMILES string of the molecule is CCn1/c(=C\C=C2C(Cl)=C(/C=C/C3=[N+](CC)c4ccc(C)c5cccc3c45)C3CCC\2C3)c2cccc3c(S(=O)(=O)O)ccc1c32. The molecule has 0 spiro atoms. The molecule has 1 aromatic heterocycles. The summed E-state index contributed by atoms with van der Waals surface area (Å²) in [6.07, 6.45) is 12.2. The van der Waals surface area contributed by atoms with E-state index in [1.54, 1.807) is 12.1 Å². The summed E-state index contributed by atoms with van der Waals surface area (Å²) >= 11 is 7.32. The van der Waals surface area contributed by atoms with Crippen LogP contribution in [0.15, 0.2) is 100.0 Å². The van der Waals surface area contributed by atoms with Crippen LogP contribution in [-0.2, 0) is 16.7 Å². The highest BCUT2D eigenvalue weighted by atomic mass is 35.5. The lowest BCUT2D eigenvalue weighted by atomic mass is 9.84. The number of nitrogens with zero attached hydrogens (tertiary/aromatic N) is 2. The standard InChI is InChI=1S/C39H35ClN2O3S/c1-4-41-32(29-9-6-8-26-23(3)12-17-34(41)37(26)29)18-15-27-24-13-14-25(22-24)28(39(27)40)16-19-33-30-10-7-11-31-36(46(43,44)45)21-20-35(38(30)31)42(33)5-2/h6-12,15-21,24-25H,4-5,13-14,22H2,1-3H3/p+1. The normalized spacial score (nSPS) is 21.2. The summed E-state index contributed by atoms with van der Waals surface area (Å²) < 4.78 is 38.9. The minimum Gasteiger partial charge on any atom is -0.341 e. The van der Waals surface area contributed by atoms with Crippen molar-refractivity contribution in [2.24, 2.45) is 11.8 Å². The van der Waals surface area contributed by atoms with Crippen LogP contribution in [0.5, 0.6) is 0 Å². The van der Waals surface area contributed by atoms with Crippen molar-refractivity contribution in [1.29, 1.82) is 0 Å². The second-order valence-corrected chi connectivity index (χ2v) is 14.5. The van der Waals surface area contributed by atoms with Crippen molar-refractivity contribution in [2.45, 2.75) is 51.5 Å². The Hall–Kier alpha value is -3.97. The van der Waals surface area contributed by atoms with E-state index in [-0.39, 0.29) is 4.90 Å². The smallest absolute Gasteiger partial charge is 0.295 e. The predicted molar refractivity (Wildman–Crippen MR) is 189 cm³/mol. The molecule has 2 unspecified atom stereocenters. The Kier molecular flexibility index (Phi) is 6.91. The van der Waals surface area contributed by atoms with Crippen LogP contribution >= 0.6 is 11.6 Å². The Morgan fingerprint density at radius 3 is 2.46 bits per heavy atom. The van der Waals surface area contributed by atoms with Gasteiger partial charge in [0, 0.05) is 50.7 Å². The predicted octanol–water partition coefficient (Wildman–Crippen LogP) is 8.59. The molecule has 3 aliphatic rings. The monoisotopic (exact) mass is 647 g/mol. The zero-order valence-electron chi connectivity index (χ0n) is 26.2. The molecule has 5 nitrogen and oxygen atoms in total. The number of benzene rings is 4. The van der Waals surface area contributed by atoms with Gasteiger partial charge in [-0.2, -0.15) is 13.0 Å². The molecule has 1 saturated carbocycles. The van der Waals surface area contributed by atoms with Crippen LogP contribution < -0.4 is 5.35 Å². The molecule has 4 aromatic carbocycles. The first-order valence-electron chi connectivity index (χ1n) is 16.2. The maximum absolute atomic E-state index is 12.2. The van der Waals surface area contributed by atoms with Gasteiger partial charge in [-0.3, -0.25) is 4.55 Å². The fourth-order valence-electron chi connectivity index (χ4n) is 8.42. The van der Waals surface area contributed by atoms with Gasteiger partial charge in [0.05, 0.1) is 10.9 Å². The molecule has 2 bridgehead atoms. The zero-order valence-corrected chi connectivity index (χ0v) is 27.8. The van der Waals surface area contributed by atoms with Gasteiger partial charge in [-0.1, -0.05) is 60.2 Å². The van der Waals surface area contributed by atoms with E-state index in [2.05, 4.69) is 84.5 Å². The molecule has 1 N–H and O–H groups in total. The zero-order chi connectivity index (χ0) is 31.9. The molecule has 0 saturated heterocycles. The van der Waals surface area contributed by atoms with E-state index in [1.165, 1.54) is 50.5 Å². The van der Waals surface area contributed by atoms with Crippen molar-refractivity contribution in [3.05, 3.63) is 112 Å². The molecule has 1 aliphatic heterocycles. The van der Waals surface area contributed by atoms with Gasteiger partial charge in [0.1, 0.15) is 11.4 Å². The number of rotatable bonds is 6. The highest BCUT2D eigenvalue weighted by molar-refractivity contribution is 7.86. The molecule has 2 atom stereocenters. The first kappa shape index (κ1) is 29.4. The number of aromatic nitrogens is 1. The van der Waals surface area contributed by atoms with E-state index in [0.717, 1.165) is 52.5 Å². The Morgan fingerprint density at radius 1 is 0.913 bits per heavy atom. The van der Waals surface area contributed by atoms with Gasteiger partial charge < -0.3 is 4.57 Å². The van der Waals surface area contributed by atoms with Crippen molar-refractivity contribution in [3.8, 4) is 0 Å². The lowest BCUT2D eigenvalue weighted by Gasteiger charge is -2.24. The van der Waals surface area contributed by atoms with E-state index in [1.807, 2.05) is 12.1 Å². The van der Waals surface area contributed by atoms with Crippen LogP contribution in [0.4, 0.5) is 5.69 Å². The molecular formula is C39H36ClN2O3S+. The third-order valence-corrected chi connectivity index (χ3v) is 11.8. The molecule has 0 amide bonds. The third-order valence-electron chi connectivity index (χ3n) is 10.5. The molecule has 5 aromatic rings. The first-order chi connectivity index (χ1) is 22.2. The number of allylic oxidation sites excluding steroid dienone is 6. The van der Waals surface area contributed by atoms with Crippen LogP contribution in [0.2, 0.25) is 0 Å². The summed E-state index contributed by atoms with van der Waals surface area (Å²) in [6.45, 7) is 8.08. The lowest BCUT2D eigenvalue weighted by molar-refractivity contribution is -0.430. The molecular weight excluding hydrogens is 612 g/mol. The molecule has 46 heavy (non-hydrogen) atoms. The molecule has 8 rings (SSSR count). The van der Waals surface area contributed by atoms with Gasteiger partial charge in [-0.15, -0.1) is 0 Å². The Balaban J connectivity index is 1.26. The van der Waals surface area contributed by atoms with Gasteiger partial charge in [0.25, 0.3) is 10.1 Å². The quantitative estimate of drug-likeness (QED) is 0.148. The largest absolute Gasteiger partial charge is 0.341 e. The van der Waals surface area contributed by atoms with E-state index >= 15 is 0 Å². The average Bonchev–Trinajstić information content (AvgIpc) is 3.71. The van der Waals surface area contributed by atoms with E-state index in [4.69, 9.17) is 11.6 Å². The van der Waals surface area contributed by atoms with Gasteiger partial charge in [-0.25, -0.2) is 0 Å². The van der Waals surface area contributed by atoms with Crippen LogP contribution in [0.3, 0.4) is 0 Å². The number of fused-ring (bicyclic) bond motifs is 2. The fraction of sp³-hybridized carbons (Fsp3) is 0.256. The Labute approximate surface area is 274 Å². The van der Waals surface area contributed by atoms with Gasteiger partial charge in [0.15, 0.2) is 0 Å². The third kappa shape index (κ3) is 4.30. The molecule has 1 fully saturated rings. The second kappa shape index (κ2) is 10.8. The number of aryl methyl sites for hydroxylation is 2. The van der Waals surface area contributed by atoms with Crippen LogP contribution in [0.1, 0.15) is 44.2 Å². The summed E-state index contributed by atoms with van der Waals surface area (Å²) in [5.41, 5.74) is 8.39. The van der Waals surface area contributed by atoms with Crippen molar-refractivity contribution in [3.63, 3.8) is 0 Å². The minimum absolute atomic E-state index is 0.0633. The molecule has 0 radical (unpaired) electrons. The average molecular weight is 648 g/mol. The topological polar surface area (TPSA) is 62.3 Å². The number of halogens is 1.